The van der Waals surface area contributed by atoms with Gasteiger partial charge >= 0.3 is 11.9 Å². The molecule has 82 heavy (non-hydrogen) atoms. The van der Waals surface area contributed by atoms with Gasteiger partial charge in [-0.25, -0.2) is 0 Å². The van der Waals surface area contributed by atoms with E-state index in [4.69, 9.17) is 18.5 Å². The number of rotatable bonds is 62. The molecule has 0 bridgehead atoms. The molecule has 0 saturated carbocycles. The zero-order chi connectivity index (χ0) is 59.8. The molecule has 2 atom stereocenters. The van der Waals surface area contributed by atoms with E-state index < -0.39 is 26.5 Å². The Bertz CT molecular complexity index is 1710. The maximum atomic E-state index is 12.8. The predicted molar refractivity (Wildman–Crippen MR) is 351 cm³/mol. The summed E-state index contributed by atoms with van der Waals surface area (Å²) in [7, 11) is 1.15. The van der Waals surface area contributed by atoms with Crippen molar-refractivity contribution >= 4 is 19.8 Å². The molecule has 0 aromatic carbocycles. The lowest BCUT2D eigenvalue weighted by Crippen LogP contribution is -2.37. The number of hydrogen-bond acceptors (Lipinski definition) is 8. The fraction of sp³-hybridized carbons (Fsp3) is 0.750. The van der Waals surface area contributed by atoms with Crippen molar-refractivity contribution in [3.63, 3.8) is 0 Å². The molecule has 0 aromatic heterocycles. The van der Waals surface area contributed by atoms with Gasteiger partial charge in [-0.15, -0.1) is 0 Å². The SMILES string of the molecule is CC/C=C\C/C=C\C/C=C\C/C=C\C/C=C\C/C=C\C/C=C\C/C=C\CCCCCCCCC(=O)OC(COC(=O)CCCCCCCCCCCCCCCCCCCCCCCCCCCCC)COP(=O)([O-])OCC[N+](C)(C)C. The molecule has 0 aliphatic heterocycles. The number of carbonyl (C=O) groups is 2. The van der Waals surface area contributed by atoms with Gasteiger partial charge in [-0.3, -0.25) is 14.2 Å². The molecule has 0 saturated heterocycles. The van der Waals surface area contributed by atoms with Crippen molar-refractivity contribution in [3.05, 3.63) is 97.2 Å². The van der Waals surface area contributed by atoms with Crippen LogP contribution in [0.2, 0.25) is 0 Å². The van der Waals surface area contributed by atoms with Gasteiger partial charge in [0.25, 0.3) is 7.82 Å². The number of phosphoric ester groups is 1. The third-order valence-electron chi connectivity index (χ3n) is 14.6. The molecular weight excluding hydrogens is 1040 g/mol. The summed E-state index contributed by atoms with van der Waals surface area (Å²) in [6.07, 6.45) is 86.2. The molecule has 0 rings (SSSR count). The number of allylic oxidation sites excluding steroid dienone is 16. The zero-order valence-corrected chi connectivity index (χ0v) is 54.8. The number of ether oxygens (including phenoxy) is 2. The van der Waals surface area contributed by atoms with Crippen LogP contribution >= 0.6 is 7.82 Å². The molecule has 10 heteroatoms. The van der Waals surface area contributed by atoms with Gasteiger partial charge in [0.15, 0.2) is 6.10 Å². The quantitative estimate of drug-likeness (QED) is 0.0195. The Morgan fingerprint density at radius 2 is 0.695 bits per heavy atom. The van der Waals surface area contributed by atoms with Crippen molar-refractivity contribution in [3.8, 4) is 0 Å². The van der Waals surface area contributed by atoms with Gasteiger partial charge in [0.2, 0.25) is 0 Å². The van der Waals surface area contributed by atoms with E-state index in [1.165, 1.54) is 154 Å². The first-order valence-electron chi connectivity index (χ1n) is 33.9. The highest BCUT2D eigenvalue weighted by atomic mass is 31.2. The van der Waals surface area contributed by atoms with Crippen molar-refractivity contribution in [2.75, 3.05) is 47.5 Å². The van der Waals surface area contributed by atoms with Crippen LogP contribution in [0.5, 0.6) is 0 Å². The van der Waals surface area contributed by atoms with Gasteiger partial charge in [-0.1, -0.05) is 304 Å². The van der Waals surface area contributed by atoms with Crippen LogP contribution in [0.25, 0.3) is 0 Å². The van der Waals surface area contributed by atoms with Crippen LogP contribution in [0.4, 0.5) is 0 Å². The van der Waals surface area contributed by atoms with Gasteiger partial charge in [-0.2, -0.15) is 0 Å². The lowest BCUT2D eigenvalue weighted by atomic mass is 10.0. The average molecular weight is 1170 g/mol. The average Bonchev–Trinajstić information content (AvgIpc) is 3.46. The largest absolute Gasteiger partial charge is 0.756 e. The van der Waals surface area contributed by atoms with Crippen molar-refractivity contribution in [2.45, 2.75) is 302 Å². The third kappa shape index (κ3) is 66.1. The molecule has 0 aliphatic carbocycles. The summed E-state index contributed by atoms with van der Waals surface area (Å²) < 4.78 is 34.3. The van der Waals surface area contributed by atoms with Crippen molar-refractivity contribution in [1.82, 2.24) is 0 Å². The summed E-state index contributed by atoms with van der Waals surface area (Å²) in [5, 5.41) is 0. The Kier molecular flexibility index (Phi) is 60.1. The number of hydrogen-bond donors (Lipinski definition) is 0. The Hall–Kier alpha value is -3.07. The fourth-order valence-electron chi connectivity index (χ4n) is 9.44. The van der Waals surface area contributed by atoms with Gasteiger partial charge in [0.05, 0.1) is 27.7 Å². The van der Waals surface area contributed by atoms with Crippen LogP contribution in [0, 0.1) is 0 Å². The van der Waals surface area contributed by atoms with E-state index in [1.807, 2.05) is 21.1 Å². The van der Waals surface area contributed by atoms with Gasteiger partial charge in [0.1, 0.15) is 19.8 Å². The standard InChI is InChI=1S/C72H128NO8P/c1-6-8-10-12-14-16-18-20-22-24-26-28-30-32-34-35-36-37-39-41-43-45-47-49-51-53-55-57-59-61-63-65-72(75)81-70(69-80-82(76,77)79-67-66-73(3,4)5)68-78-71(74)64-62-60-58-56-54-52-50-48-46-44-42-40-38-33-31-29-27-25-23-21-19-17-15-13-11-9-7-2/h8,10,14,16,20,22,26,28,32,34,36-37,41,43,47,49,70H,6-7,9,11-13,15,17-19,21,23-25,27,29-31,33,35,38-40,42,44-46,48,50-69H2,1-5H3/b10-8-,16-14-,22-20-,28-26-,34-32-,37-36-,43-41-,49-47-. The molecule has 0 aromatic rings. The van der Waals surface area contributed by atoms with Crippen LogP contribution in [0.15, 0.2) is 97.2 Å². The summed E-state index contributed by atoms with van der Waals surface area (Å²) >= 11 is 0. The molecule has 0 heterocycles. The molecule has 2 unspecified atom stereocenters. The number of carbonyl (C=O) groups excluding carboxylic acids is 2. The van der Waals surface area contributed by atoms with E-state index in [-0.39, 0.29) is 32.0 Å². The van der Waals surface area contributed by atoms with E-state index >= 15 is 0 Å². The highest BCUT2D eigenvalue weighted by molar-refractivity contribution is 7.45. The molecule has 0 radical (unpaired) electrons. The summed E-state index contributed by atoms with van der Waals surface area (Å²) in [6.45, 7) is 4.14. The second-order valence-electron chi connectivity index (χ2n) is 23.8. The number of nitrogens with zero attached hydrogens (tertiary/aromatic N) is 1. The molecule has 0 N–H and O–H groups in total. The first kappa shape index (κ1) is 78.9. The normalized spacial score (nSPS) is 13.8. The zero-order valence-electron chi connectivity index (χ0n) is 53.9. The first-order chi connectivity index (χ1) is 40.0. The second-order valence-corrected chi connectivity index (χ2v) is 25.2. The Morgan fingerprint density at radius 1 is 0.390 bits per heavy atom. The van der Waals surface area contributed by atoms with Gasteiger partial charge in [0, 0.05) is 12.8 Å². The summed E-state index contributed by atoms with van der Waals surface area (Å²) in [6, 6.07) is 0. The topological polar surface area (TPSA) is 111 Å². The van der Waals surface area contributed by atoms with Crippen molar-refractivity contribution < 1.29 is 42.1 Å². The molecule has 0 fully saturated rings. The van der Waals surface area contributed by atoms with Gasteiger partial charge < -0.3 is 27.9 Å². The third-order valence-corrected chi connectivity index (χ3v) is 15.6. The summed E-state index contributed by atoms with van der Waals surface area (Å²) in [5.74, 6) is -0.844. The molecule has 0 aliphatic rings. The number of likely N-dealkylation sites (N-methyl/N-ethyl adjacent to an activating group) is 1. The van der Waals surface area contributed by atoms with Crippen LogP contribution < -0.4 is 4.89 Å². The van der Waals surface area contributed by atoms with E-state index in [0.29, 0.717) is 17.4 Å². The minimum absolute atomic E-state index is 0.0372. The van der Waals surface area contributed by atoms with Gasteiger partial charge in [-0.05, 0) is 77.0 Å². The van der Waals surface area contributed by atoms with Crippen LogP contribution in [-0.4, -0.2) is 70.0 Å². The minimum atomic E-state index is -4.65. The fourth-order valence-corrected chi connectivity index (χ4v) is 10.2. The maximum Gasteiger partial charge on any atom is 0.306 e. The number of esters is 2. The van der Waals surface area contributed by atoms with Crippen LogP contribution in [0.1, 0.15) is 296 Å². The first-order valence-corrected chi connectivity index (χ1v) is 35.4. The van der Waals surface area contributed by atoms with Crippen LogP contribution in [-0.2, 0) is 32.7 Å². The molecular formula is C72H128NO8P. The number of unbranched alkanes of at least 4 members (excludes halogenated alkanes) is 32. The summed E-state index contributed by atoms with van der Waals surface area (Å²) in [4.78, 5) is 38.0. The minimum Gasteiger partial charge on any atom is -0.756 e. The van der Waals surface area contributed by atoms with E-state index in [0.717, 1.165) is 109 Å². The van der Waals surface area contributed by atoms with E-state index in [9.17, 15) is 19.0 Å². The molecule has 0 amide bonds. The Labute approximate surface area is 506 Å². The molecule has 9 nitrogen and oxygen atoms in total. The smallest absolute Gasteiger partial charge is 0.306 e. The van der Waals surface area contributed by atoms with Crippen LogP contribution in [0.3, 0.4) is 0 Å². The Balaban J connectivity index is 4.13. The highest BCUT2D eigenvalue weighted by Gasteiger charge is 2.22. The van der Waals surface area contributed by atoms with Crippen molar-refractivity contribution in [1.29, 1.82) is 0 Å². The lowest BCUT2D eigenvalue weighted by molar-refractivity contribution is -0.870. The second kappa shape index (κ2) is 62.5. The van der Waals surface area contributed by atoms with Crippen molar-refractivity contribution in [2.24, 2.45) is 0 Å². The maximum absolute atomic E-state index is 12.8. The predicted octanol–water partition coefficient (Wildman–Crippen LogP) is 21.3. The molecule has 0 spiro atoms. The Morgan fingerprint density at radius 3 is 1.04 bits per heavy atom. The van der Waals surface area contributed by atoms with E-state index in [1.54, 1.807) is 0 Å². The molecule has 474 valence electrons. The van der Waals surface area contributed by atoms with E-state index in [2.05, 4.69) is 111 Å². The number of quaternary nitrogens is 1. The highest BCUT2D eigenvalue weighted by Crippen LogP contribution is 2.38. The monoisotopic (exact) mass is 1170 g/mol. The lowest BCUT2D eigenvalue weighted by Gasteiger charge is -2.28. The summed E-state index contributed by atoms with van der Waals surface area (Å²) in [5.41, 5.74) is 0. The number of phosphoric acid groups is 1.